The number of halogens is 4. The molecule has 0 aromatic heterocycles. The molecule has 7 nitrogen and oxygen atoms in total. The van der Waals surface area contributed by atoms with Gasteiger partial charge in [0.05, 0.1) is 24.0 Å². The summed E-state index contributed by atoms with van der Waals surface area (Å²) < 4.78 is 69.0. The van der Waals surface area contributed by atoms with E-state index in [1.165, 1.54) is 0 Å². The predicted octanol–water partition coefficient (Wildman–Crippen LogP) is 2.36. The van der Waals surface area contributed by atoms with Crippen molar-refractivity contribution in [3.8, 4) is 0 Å². The van der Waals surface area contributed by atoms with Gasteiger partial charge in [-0.05, 0) is 31.0 Å². The Balaban J connectivity index is 2.17. The minimum atomic E-state index is -4.95. The van der Waals surface area contributed by atoms with Crippen molar-refractivity contribution in [1.82, 2.24) is 4.90 Å². The third-order valence-electron chi connectivity index (χ3n) is 4.33. The summed E-state index contributed by atoms with van der Waals surface area (Å²) in [4.78, 5) is 36.2. The zero-order chi connectivity index (χ0) is 22.0. The van der Waals surface area contributed by atoms with Crippen molar-refractivity contribution in [2.75, 3.05) is 19.4 Å². The minimum absolute atomic E-state index is 0.0214. The molecule has 0 radical (unpaired) electrons. The van der Waals surface area contributed by atoms with Crippen molar-refractivity contribution in [2.24, 2.45) is 0 Å². The van der Waals surface area contributed by atoms with E-state index in [1.54, 1.807) is 0 Å². The Kier molecular flexibility index (Phi) is 7.10. The van der Waals surface area contributed by atoms with Crippen LogP contribution in [0, 0.1) is 0 Å². The molecular weight excluding hydrogens is 483 g/mol. The van der Waals surface area contributed by atoms with Gasteiger partial charge in [0, 0.05) is 11.0 Å². The number of carbonyl (C=O) groups excluding carboxylic acids is 3. The number of alkyl halides is 3. The lowest BCUT2D eigenvalue weighted by atomic mass is 10.2. The number of ketones is 1. The van der Waals surface area contributed by atoms with Crippen LogP contribution in [0.15, 0.2) is 27.6 Å². The summed E-state index contributed by atoms with van der Waals surface area (Å²) in [7, 11) is -3.50. The van der Waals surface area contributed by atoms with Gasteiger partial charge in [-0.3, -0.25) is 9.59 Å². The molecule has 1 fully saturated rings. The molecule has 1 amide bonds. The first kappa shape index (κ1) is 23.3. The highest BCUT2D eigenvalue weighted by atomic mass is 79.9. The number of methoxy groups -OCH3 is 1. The number of carbonyl (C=O) groups is 3. The fourth-order valence-electron chi connectivity index (χ4n) is 3.05. The summed E-state index contributed by atoms with van der Waals surface area (Å²) >= 11 is 2.85. The van der Waals surface area contributed by atoms with E-state index in [0.717, 1.165) is 24.1 Å². The predicted molar refractivity (Wildman–Crippen MR) is 97.6 cm³/mol. The Bertz CT molecular complexity index is 932. The van der Waals surface area contributed by atoms with Gasteiger partial charge in [-0.15, -0.1) is 0 Å². The lowest BCUT2D eigenvalue weighted by molar-refractivity contribution is -0.151. The van der Waals surface area contributed by atoms with Gasteiger partial charge in [-0.1, -0.05) is 15.9 Å². The Morgan fingerprint density at radius 1 is 1.28 bits per heavy atom. The van der Waals surface area contributed by atoms with Gasteiger partial charge in [-0.25, -0.2) is 13.2 Å². The first-order chi connectivity index (χ1) is 13.4. The normalized spacial score (nSPS) is 17.3. The van der Waals surface area contributed by atoms with Crippen LogP contribution in [0.5, 0.6) is 0 Å². The monoisotopic (exact) mass is 499 g/mol. The maximum atomic E-state index is 13.2. The number of hydrogen-bond acceptors (Lipinski definition) is 6. The Hall–Kier alpha value is -1.95. The number of benzene rings is 1. The number of ether oxygens (including phenoxy) is 1. The van der Waals surface area contributed by atoms with E-state index in [9.17, 15) is 36.0 Å². The third kappa shape index (κ3) is 5.56. The van der Waals surface area contributed by atoms with Crippen LogP contribution in [0.2, 0.25) is 0 Å². The molecule has 0 N–H and O–H groups in total. The quantitative estimate of drug-likeness (QED) is 0.440. The van der Waals surface area contributed by atoms with E-state index in [2.05, 4.69) is 20.7 Å². The number of amides is 1. The van der Waals surface area contributed by atoms with E-state index in [1.807, 2.05) is 0 Å². The maximum absolute atomic E-state index is 13.2. The highest BCUT2D eigenvalue weighted by molar-refractivity contribution is 9.10. The van der Waals surface area contributed by atoms with Gasteiger partial charge in [0.15, 0.2) is 15.6 Å². The molecule has 160 valence electrons. The minimum Gasteiger partial charge on any atom is -0.467 e. The second-order valence-electron chi connectivity index (χ2n) is 6.38. The number of likely N-dealkylation sites (tertiary alicyclic amines) is 1. The summed E-state index contributed by atoms with van der Waals surface area (Å²) in [5.74, 6) is -3.76. The van der Waals surface area contributed by atoms with Crippen LogP contribution >= 0.6 is 15.9 Å². The molecule has 1 aliphatic rings. The van der Waals surface area contributed by atoms with Gasteiger partial charge < -0.3 is 9.64 Å². The molecule has 1 unspecified atom stereocenters. The molecule has 1 aromatic rings. The number of nitrogens with zero attached hydrogens (tertiary/aromatic N) is 1. The first-order valence-electron chi connectivity index (χ1n) is 8.35. The molecule has 2 rings (SSSR count). The van der Waals surface area contributed by atoms with Gasteiger partial charge in [-0.2, -0.15) is 13.2 Å². The maximum Gasteiger partial charge on any atom is 0.417 e. The van der Waals surface area contributed by atoms with Crippen molar-refractivity contribution < 1.29 is 40.7 Å². The van der Waals surface area contributed by atoms with Crippen LogP contribution in [0.25, 0.3) is 0 Å². The zero-order valence-electron chi connectivity index (χ0n) is 15.2. The van der Waals surface area contributed by atoms with Crippen LogP contribution in [0.1, 0.15) is 24.8 Å². The summed E-state index contributed by atoms with van der Waals surface area (Å²) in [6, 6.07) is 1.61. The lowest BCUT2D eigenvalue weighted by Gasteiger charge is -2.22. The summed E-state index contributed by atoms with van der Waals surface area (Å²) in [5.41, 5.74) is -1.41. The van der Waals surface area contributed by atoms with Gasteiger partial charge in [0.2, 0.25) is 5.91 Å². The number of sulfone groups is 1. The summed E-state index contributed by atoms with van der Waals surface area (Å²) in [6.07, 6.45) is -4.94. The van der Waals surface area contributed by atoms with Crippen molar-refractivity contribution in [2.45, 2.75) is 36.4 Å². The molecule has 1 aliphatic heterocycles. The lowest BCUT2D eigenvalue weighted by Crippen LogP contribution is -2.42. The average molecular weight is 500 g/mol. The van der Waals surface area contributed by atoms with Crippen molar-refractivity contribution in [3.05, 3.63) is 28.2 Å². The van der Waals surface area contributed by atoms with Crippen LogP contribution in [-0.4, -0.2) is 56.4 Å². The van der Waals surface area contributed by atoms with E-state index < -0.39 is 62.3 Å². The van der Waals surface area contributed by atoms with Crippen molar-refractivity contribution in [1.29, 1.82) is 0 Å². The molecule has 0 bridgehead atoms. The second kappa shape index (κ2) is 8.82. The molecule has 12 heteroatoms. The van der Waals surface area contributed by atoms with E-state index in [0.29, 0.717) is 18.9 Å². The molecule has 0 saturated carbocycles. The van der Waals surface area contributed by atoms with E-state index in [-0.39, 0.29) is 11.0 Å². The van der Waals surface area contributed by atoms with Gasteiger partial charge >= 0.3 is 12.1 Å². The summed E-state index contributed by atoms with van der Waals surface area (Å²) in [6.45, 7) is 0.198. The third-order valence-corrected chi connectivity index (χ3v) is 6.55. The molecule has 1 saturated heterocycles. The fraction of sp³-hybridized carbons (Fsp3) is 0.471. The molecule has 1 heterocycles. The highest BCUT2D eigenvalue weighted by Crippen LogP contribution is 2.36. The second-order valence-corrected chi connectivity index (χ2v) is 9.25. The average Bonchev–Trinajstić information content (AvgIpc) is 3.09. The number of rotatable bonds is 6. The molecular formula is C17H17BrF3NO6S. The van der Waals surface area contributed by atoms with Crippen LogP contribution in [0.4, 0.5) is 13.2 Å². The van der Waals surface area contributed by atoms with Crippen LogP contribution in [-0.2, 0) is 35.1 Å². The van der Waals surface area contributed by atoms with Crippen molar-refractivity contribution in [3.63, 3.8) is 0 Å². The highest BCUT2D eigenvalue weighted by Gasteiger charge is 2.39. The smallest absolute Gasteiger partial charge is 0.417 e. The standard InChI is InChI=1S/C17H17BrF3NO6S/c1-28-16(25)13-3-2-6-22(13)15(24)8-11(23)9-29(26,27)14-5-4-10(18)7-12(14)17(19,20)21/h4-5,7,13H,2-3,6,8-9H2,1H3. The fourth-order valence-corrected chi connectivity index (χ4v) is 4.88. The molecule has 1 aromatic carbocycles. The van der Waals surface area contributed by atoms with Gasteiger partial charge in [0.1, 0.15) is 11.8 Å². The number of esters is 1. The number of hydrogen-bond donors (Lipinski definition) is 0. The largest absolute Gasteiger partial charge is 0.467 e. The van der Waals surface area contributed by atoms with Crippen molar-refractivity contribution >= 4 is 43.4 Å². The Morgan fingerprint density at radius 2 is 1.93 bits per heavy atom. The SMILES string of the molecule is COC(=O)C1CCCN1C(=O)CC(=O)CS(=O)(=O)c1ccc(Br)cc1C(F)(F)F. The van der Waals surface area contributed by atoms with Gasteiger partial charge in [0.25, 0.3) is 0 Å². The topological polar surface area (TPSA) is 97.8 Å². The Morgan fingerprint density at radius 3 is 2.52 bits per heavy atom. The molecule has 29 heavy (non-hydrogen) atoms. The van der Waals surface area contributed by atoms with Crippen LogP contribution < -0.4 is 0 Å². The Labute approximate surface area is 173 Å². The molecule has 0 aliphatic carbocycles. The number of Topliss-reactive ketones (excluding diaryl/α,β-unsaturated/α-hetero) is 1. The summed E-state index contributed by atoms with van der Waals surface area (Å²) in [5, 5.41) is 0. The zero-order valence-corrected chi connectivity index (χ0v) is 17.6. The van der Waals surface area contributed by atoms with Crippen LogP contribution in [0.3, 0.4) is 0 Å². The first-order valence-corrected chi connectivity index (χ1v) is 10.8. The van der Waals surface area contributed by atoms with E-state index in [4.69, 9.17) is 0 Å². The molecule has 0 spiro atoms. The molecule has 1 atom stereocenters. The van der Waals surface area contributed by atoms with E-state index >= 15 is 0 Å².